The van der Waals surface area contributed by atoms with Gasteiger partial charge in [0.1, 0.15) is 4.90 Å². The van der Waals surface area contributed by atoms with E-state index in [0.717, 1.165) is 11.1 Å². The summed E-state index contributed by atoms with van der Waals surface area (Å²) in [7, 11) is -4.44. The minimum absolute atomic E-state index is 0.125. The number of rotatable bonds is 3. The van der Waals surface area contributed by atoms with Crippen molar-refractivity contribution in [2.45, 2.75) is 4.90 Å². The number of nitrogen functional groups attached to an aromatic ring is 1. The van der Waals surface area contributed by atoms with E-state index in [9.17, 15) is 13.0 Å². The Balaban J connectivity index is 1.94. The number of fused-ring (bicyclic) bond motifs is 1. The molecule has 0 atom stereocenters. The highest BCUT2D eigenvalue weighted by Gasteiger charge is 2.22. The molecule has 0 amide bonds. The second kappa shape index (κ2) is 6.54. The Kier molecular flexibility index (Phi) is 4.18. The summed E-state index contributed by atoms with van der Waals surface area (Å²) in [5, 5.41) is 0.997. The largest absolute Gasteiger partial charge is 0.398 e. The van der Waals surface area contributed by atoms with Gasteiger partial charge in [0, 0.05) is 22.0 Å². The molecule has 4 aromatic rings. The number of nitrogens with two attached hydrogens (primary N) is 1. The minimum Gasteiger partial charge on any atom is -0.398 e. The lowest BCUT2D eigenvalue weighted by atomic mass is 9.97. The second-order valence-corrected chi connectivity index (χ2v) is 7.66. The second-order valence-electron chi connectivity index (χ2n) is 6.31. The van der Waals surface area contributed by atoms with E-state index >= 15 is 0 Å². The topological polar surface area (TPSA) is 80.4 Å². The van der Waals surface area contributed by atoms with E-state index in [1.54, 1.807) is 30.3 Å². The van der Waals surface area contributed by atoms with Crippen LogP contribution in [0.4, 0.5) is 5.69 Å². The number of hydrogen-bond acceptors (Lipinski definition) is 3. The Labute approximate surface area is 157 Å². The number of hydrogen-bond donors (Lipinski definition) is 2. The molecule has 0 radical (unpaired) electrons. The van der Waals surface area contributed by atoms with Gasteiger partial charge in [-0.2, -0.15) is 8.42 Å². The minimum atomic E-state index is -4.44. The van der Waals surface area contributed by atoms with Gasteiger partial charge in [-0.05, 0) is 22.8 Å². The molecule has 0 fully saturated rings. The van der Waals surface area contributed by atoms with Crippen molar-refractivity contribution in [2.75, 3.05) is 5.73 Å². The van der Waals surface area contributed by atoms with Crippen molar-refractivity contribution < 1.29 is 13.0 Å². The molecular weight excluding hydrogens is 358 g/mol. The molecule has 27 heavy (non-hydrogen) atoms. The first kappa shape index (κ1) is 17.3. The molecular formula is C22H17NO3S. The highest BCUT2D eigenvalue weighted by Crippen LogP contribution is 2.37. The lowest BCUT2D eigenvalue weighted by Crippen LogP contribution is -2.04. The normalized spacial score (nSPS) is 11.6. The Bertz CT molecular complexity index is 1230. The zero-order valence-electron chi connectivity index (χ0n) is 14.3. The van der Waals surface area contributed by atoms with Gasteiger partial charge in [-0.3, -0.25) is 4.55 Å². The highest BCUT2D eigenvalue weighted by atomic mass is 32.2. The molecule has 3 N–H and O–H groups in total. The van der Waals surface area contributed by atoms with E-state index in [1.807, 2.05) is 54.6 Å². The summed E-state index contributed by atoms with van der Waals surface area (Å²) in [6.45, 7) is 0. The molecule has 0 aromatic heterocycles. The fourth-order valence-electron chi connectivity index (χ4n) is 3.34. The van der Waals surface area contributed by atoms with Crippen LogP contribution >= 0.6 is 0 Å². The van der Waals surface area contributed by atoms with Crippen LogP contribution in [0.2, 0.25) is 0 Å². The van der Waals surface area contributed by atoms with Crippen molar-refractivity contribution in [1.29, 1.82) is 0 Å². The van der Waals surface area contributed by atoms with Gasteiger partial charge in [0.05, 0.1) is 0 Å². The van der Waals surface area contributed by atoms with Crippen LogP contribution < -0.4 is 5.73 Å². The van der Waals surface area contributed by atoms with Gasteiger partial charge in [-0.25, -0.2) is 0 Å². The molecule has 0 aliphatic rings. The Hall–Kier alpha value is -3.15. The van der Waals surface area contributed by atoms with Gasteiger partial charge >= 0.3 is 0 Å². The molecule has 0 heterocycles. The van der Waals surface area contributed by atoms with Crippen molar-refractivity contribution in [3.05, 3.63) is 84.9 Å². The summed E-state index contributed by atoms with van der Waals surface area (Å²) in [6, 6.07) is 25.9. The Morgan fingerprint density at radius 2 is 1.19 bits per heavy atom. The van der Waals surface area contributed by atoms with Gasteiger partial charge in [0.25, 0.3) is 10.1 Å². The predicted molar refractivity (Wildman–Crippen MR) is 109 cm³/mol. The van der Waals surface area contributed by atoms with Crippen molar-refractivity contribution >= 4 is 26.6 Å². The third-order valence-electron chi connectivity index (χ3n) is 4.59. The first-order valence-electron chi connectivity index (χ1n) is 8.40. The zero-order chi connectivity index (χ0) is 19.0. The first-order chi connectivity index (χ1) is 12.9. The molecule has 0 unspecified atom stereocenters. The van der Waals surface area contributed by atoms with Crippen LogP contribution in [0.15, 0.2) is 89.8 Å². The van der Waals surface area contributed by atoms with Crippen LogP contribution in [0, 0.1) is 0 Å². The van der Waals surface area contributed by atoms with Crippen molar-refractivity contribution in [3.63, 3.8) is 0 Å². The molecule has 4 aromatic carbocycles. The third kappa shape index (κ3) is 3.18. The van der Waals surface area contributed by atoms with E-state index in [-0.39, 0.29) is 4.90 Å². The van der Waals surface area contributed by atoms with Crippen molar-refractivity contribution in [2.24, 2.45) is 0 Å². The first-order valence-corrected chi connectivity index (χ1v) is 9.84. The fraction of sp³-hybridized carbons (Fsp3) is 0. The van der Waals surface area contributed by atoms with Crippen LogP contribution in [0.3, 0.4) is 0 Å². The molecule has 5 heteroatoms. The van der Waals surface area contributed by atoms with Crippen LogP contribution in [-0.4, -0.2) is 13.0 Å². The van der Waals surface area contributed by atoms with E-state index in [0.29, 0.717) is 27.6 Å². The summed E-state index contributed by atoms with van der Waals surface area (Å²) in [6.07, 6.45) is 0. The van der Waals surface area contributed by atoms with Crippen LogP contribution in [0.25, 0.3) is 33.0 Å². The maximum absolute atomic E-state index is 12.2. The quantitative estimate of drug-likeness (QED) is 0.390. The van der Waals surface area contributed by atoms with E-state index in [2.05, 4.69) is 0 Å². The lowest BCUT2D eigenvalue weighted by molar-refractivity contribution is 0.484. The van der Waals surface area contributed by atoms with Gasteiger partial charge < -0.3 is 5.73 Å². The molecule has 0 saturated heterocycles. The standard InChI is InChI=1S/C22H17NO3S/c23-21-14-20(22(27(24,25)26)19-9-5-4-8-18(19)21)17-12-10-16(11-13-17)15-6-2-1-3-7-15/h1-14H,23H2,(H,24,25,26). The highest BCUT2D eigenvalue weighted by molar-refractivity contribution is 7.86. The Morgan fingerprint density at radius 1 is 0.667 bits per heavy atom. The number of anilines is 1. The molecule has 0 aliphatic heterocycles. The molecule has 4 rings (SSSR count). The average Bonchev–Trinajstić information content (AvgIpc) is 2.68. The van der Waals surface area contributed by atoms with Gasteiger partial charge in [-0.1, -0.05) is 78.9 Å². The predicted octanol–water partition coefficient (Wildman–Crippen LogP) is 5.00. The molecule has 0 aliphatic carbocycles. The smallest absolute Gasteiger partial charge is 0.295 e. The average molecular weight is 375 g/mol. The van der Waals surface area contributed by atoms with Crippen LogP contribution in [0.5, 0.6) is 0 Å². The number of benzene rings is 4. The van der Waals surface area contributed by atoms with E-state index in [1.165, 1.54) is 0 Å². The monoisotopic (exact) mass is 375 g/mol. The summed E-state index contributed by atoms with van der Waals surface area (Å²) >= 11 is 0. The van der Waals surface area contributed by atoms with Crippen LogP contribution in [-0.2, 0) is 10.1 Å². The summed E-state index contributed by atoms with van der Waals surface area (Å²) in [5.41, 5.74) is 9.74. The molecule has 0 bridgehead atoms. The maximum Gasteiger partial charge on any atom is 0.295 e. The Morgan fingerprint density at radius 3 is 1.81 bits per heavy atom. The fourth-order valence-corrected chi connectivity index (χ4v) is 4.25. The zero-order valence-corrected chi connectivity index (χ0v) is 15.1. The molecule has 4 nitrogen and oxygen atoms in total. The van der Waals surface area contributed by atoms with Crippen molar-refractivity contribution in [1.82, 2.24) is 0 Å². The molecule has 134 valence electrons. The van der Waals surface area contributed by atoms with Crippen LogP contribution in [0.1, 0.15) is 0 Å². The SMILES string of the molecule is Nc1cc(-c2ccc(-c3ccccc3)cc2)c(S(=O)(=O)O)c2ccccc12. The maximum atomic E-state index is 12.2. The van der Waals surface area contributed by atoms with Gasteiger partial charge in [0.15, 0.2) is 0 Å². The van der Waals surface area contributed by atoms with E-state index < -0.39 is 10.1 Å². The summed E-state index contributed by atoms with van der Waals surface area (Å²) < 4.78 is 34.2. The molecule has 0 saturated carbocycles. The summed E-state index contributed by atoms with van der Waals surface area (Å²) in [4.78, 5) is -0.125. The van der Waals surface area contributed by atoms with E-state index in [4.69, 9.17) is 5.73 Å². The van der Waals surface area contributed by atoms with Crippen molar-refractivity contribution in [3.8, 4) is 22.3 Å². The van der Waals surface area contributed by atoms with Gasteiger partial charge in [-0.15, -0.1) is 0 Å². The summed E-state index contributed by atoms with van der Waals surface area (Å²) in [5.74, 6) is 0. The van der Waals surface area contributed by atoms with Gasteiger partial charge in [0.2, 0.25) is 0 Å². The molecule has 0 spiro atoms. The third-order valence-corrected chi connectivity index (χ3v) is 5.54. The lowest BCUT2D eigenvalue weighted by Gasteiger charge is -2.14.